The van der Waals surface area contributed by atoms with E-state index in [1.807, 2.05) is 13.8 Å². The first kappa shape index (κ1) is 15.9. The Morgan fingerprint density at radius 2 is 2.05 bits per heavy atom. The van der Waals surface area contributed by atoms with Gasteiger partial charge in [-0.3, -0.25) is 4.79 Å². The predicted octanol–water partition coefficient (Wildman–Crippen LogP) is 2.59. The molecule has 0 aliphatic carbocycles. The van der Waals surface area contributed by atoms with E-state index in [1.165, 1.54) is 12.0 Å². The van der Waals surface area contributed by atoms with E-state index >= 15 is 0 Å². The maximum Gasteiger partial charge on any atom is 0.257 e. The topological polar surface area (TPSA) is 75.8 Å². The fourth-order valence-corrected chi connectivity index (χ4v) is 2.31. The SMILES string of the molecule is COc1cc(C)cc(C(=O)N(C)Cc2c(C)noc2C)c1O. The number of hydrogen-bond donors (Lipinski definition) is 1. The van der Waals surface area contributed by atoms with Crippen molar-refractivity contribution in [2.24, 2.45) is 0 Å². The second-order valence-corrected chi connectivity index (χ2v) is 5.33. The van der Waals surface area contributed by atoms with Crippen LogP contribution in [0.4, 0.5) is 0 Å². The summed E-state index contributed by atoms with van der Waals surface area (Å²) < 4.78 is 10.2. The van der Waals surface area contributed by atoms with E-state index in [0.29, 0.717) is 12.3 Å². The molecule has 2 rings (SSSR count). The van der Waals surface area contributed by atoms with Gasteiger partial charge in [0, 0.05) is 12.6 Å². The highest BCUT2D eigenvalue weighted by Gasteiger charge is 2.21. The Labute approximate surface area is 129 Å². The van der Waals surface area contributed by atoms with Crippen molar-refractivity contribution in [3.05, 3.63) is 40.3 Å². The van der Waals surface area contributed by atoms with Crippen molar-refractivity contribution in [2.75, 3.05) is 14.2 Å². The van der Waals surface area contributed by atoms with E-state index in [1.54, 1.807) is 26.1 Å². The number of hydrogen-bond acceptors (Lipinski definition) is 5. The summed E-state index contributed by atoms with van der Waals surface area (Å²) in [6, 6.07) is 3.32. The number of aromatic hydroxyl groups is 1. The number of ether oxygens (including phenoxy) is 1. The first-order valence-electron chi connectivity index (χ1n) is 6.90. The third-order valence-electron chi connectivity index (χ3n) is 3.59. The molecule has 1 N–H and O–H groups in total. The molecule has 0 aliphatic rings. The van der Waals surface area contributed by atoms with Crippen LogP contribution in [0.15, 0.2) is 16.7 Å². The maximum atomic E-state index is 12.6. The van der Waals surface area contributed by atoms with E-state index < -0.39 is 0 Å². The molecule has 0 bridgehead atoms. The molecule has 0 unspecified atom stereocenters. The zero-order valence-corrected chi connectivity index (χ0v) is 13.4. The van der Waals surface area contributed by atoms with Crippen molar-refractivity contribution < 1.29 is 19.2 Å². The van der Waals surface area contributed by atoms with Gasteiger partial charge < -0.3 is 19.3 Å². The number of methoxy groups -OCH3 is 1. The fraction of sp³-hybridized carbons (Fsp3) is 0.375. The molecule has 0 fully saturated rings. The average molecular weight is 304 g/mol. The Kier molecular flexibility index (Phi) is 4.40. The standard InChI is InChI=1S/C16H20N2O4/c1-9-6-12(15(19)14(7-9)21-5)16(20)18(4)8-13-10(2)17-22-11(13)3/h6-7,19H,8H2,1-5H3. The summed E-state index contributed by atoms with van der Waals surface area (Å²) in [5.74, 6) is 0.528. The Balaban J connectivity index is 2.30. The number of nitrogens with zero attached hydrogens (tertiary/aromatic N) is 2. The van der Waals surface area contributed by atoms with E-state index in [0.717, 1.165) is 16.8 Å². The number of aromatic nitrogens is 1. The van der Waals surface area contributed by atoms with Gasteiger partial charge >= 0.3 is 0 Å². The molecular weight excluding hydrogens is 284 g/mol. The number of rotatable bonds is 4. The third-order valence-corrected chi connectivity index (χ3v) is 3.59. The highest BCUT2D eigenvalue weighted by atomic mass is 16.5. The fourth-order valence-electron chi connectivity index (χ4n) is 2.31. The van der Waals surface area contributed by atoms with Crippen molar-refractivity contribution in [2.45, 2.75) is 27.3 Å². The van der Waals surface area contributed by atoms with Crippen molar-refractivity contribution in [3.8, 4) is 11.5 Å². The second kappa shape index (κ2) is 6.09. The highest BCUT2D eigenvalue weighted by Crippen LogP contribution is 2.32. The summed E-state index contributed by atoms with van der Waals surface area (Å²) in [5.41, 5.74) is 2.67. The minimum absolute atomic E-state index is 0.149. The normalized spacial score (nSPS) is 10.6. The van der Waals surface area contributed by atoms with Gasteiger partial charge in [0.2, 0.25) is 0 Å². The van der Waals surface area contributed by atoms with Gasteiger partial charge in [-0.05, 0) is 38.5 Å². The molecule has 6 nitrogen and oxygen atoms in total. The molecule has 2 aromatic rings. The third kappa shape index (κ3) is 2.90. The molecule has 22 heavy (non-hydrogen) atoms. The number of amides is 1. The quantitative estimate of drug-likeness (QED) is 0.939. The number of phenols is 1. The lowest BCUT2D eigenvalue weighted by Crippen LogP contribution is -2.26. The lowest BCUT2D eigenvalue weighted by Gasteiger charge is -2.19. The van der Waals surface area contributed by atoms with Crippen molar-refractivity contribution in [3.63, 3.8) is 0 Å². The molecule has 0 saturated carbocycles. The van der Waals surface area contributed by atoms with Crippen LogP contribution in [-0.2, 0) is 6.54 Å². The Hall–Kier alpha value is -2.50. The summed E-state index contributed by atoms with van der Waals surface area (Å²) in [4.78, 5) is 14.1. The zero-order valence-electron chi connectivity index (χ0n) is 13.4. The van der Waals surface area contributed by atoms with Crippen LogP contribution in [0.25, 0.3) is 0 Å². The van der Waals surface area contributed by atoms with Gasteiger partial charge in [0.15, 0.2) is 11.5 Å². The van der Waals surface area contributed by atoms with Crippen LogP contribution < -0.4 is 4.74 Å². The molecule has 0 saturated heterocycles. The molecular formula is C16H20N2O4. The molecule has 0 aliphatic heterocycles. The van der Waals surface area contributed by atoms with Gasteiger partial charge in [-0.2, -0.15) is 0 Å². The number of phenolic OH excluding ortho intramolecular Hbond substituents is 1. The summed E-state index contributed by atoms with van der Waals surface area (Å²) in [6.45, 7) is 5.83. The predicted molar refractivity (Wildman–Crippen MR) is 81.2 cm³/mol. The summed E-state index contributed by atoms with van der Waals surface area (Å²) >= 11 is 0. The summed E-state index contributed by atoms with van der Waals surface area (Å²) in [6.07, 6.45) is 0. The lowest BCUT2D eigenvalue weighted by molar-refractivity contribution is 0.0780. The maximum absolute atomic E-state index is 12.6. The van der Waals surface area contributed by atoms with Gasteiger partial charge in [-0.1, -0.05) is 5.16 Å². The van der Waals surface area contributed by atoms with Crippen molar-refractivity contribution in [1.82, 2.24) is 10.1 Å². The van der Waals surface area contributed by atoms with Crippen LogP contribution in [0.3, 0.4) is 0 Å². The number of carbonyl (C=O) groups is 1. The van der Waals surface area contributed by atoms with Gasteiger partial charge in [0.05, 0.1) is 24.9 Å². The van der Waals surface area contributed by atoms with Crippen LogP contribution in [0, 0.1) is 20.8 Å². The molecule has 1 aromatic heterocycles. The van der Waals surface area contributed by atoms with Gasteiger partial charge in [-0.15, -0.1) is 0 Å². The minimum atomic E-state index is -0.292. The van der Waals surface area contributed by atoms with Gasteiger partial charge in [0.25, 0.3) is 5.91 Å². The molecule has 0 spiro atoms. The first-order chi connectivity index (χ1) is 10.3. The first-order valence-corrected chi connectivity index (χ1v) is 6.90. The number of carbonyl (C=O) groups excluding carboxylic acids is 1. The smallest absolute Gasteiger partial charge is 0.257 e. The molecule has 1 aromatic carbocycles. The van der Waals surface area contributed by atoms with Crippen molar-refractivity contribution in [1.29, 1.82) is 0 Å². The van der Waals surface area contributed by atoms with E-state index in [9.17, 15) is 9.90 Å². The summed E-state index contributed by atoms with van der Waals surface area (Å²) in [5, 5.41) is 14.0. The van der Waals surface area contributed by atoms with Gasteiger partial charge in [-0.25, -0.2) is 0 Å². The van der Waals surface area contributed by atoms with E-state index in [4.69, 9.17) is 9.26 Å². The molecule has 6 heteroatoms. The van der Waals surface area contributed by atoms with Crippen LogP contribution >= 0.6 is 0 Å². The molecule has 1 amide bonds. The largest absolute Gasteiger partial charge is 0.504 e. The van der Waals surface area contributed by atoms with E-state index in [2.05, 4.69) is 5.16 Å². The average Bonchev–Trinajstić information content (AvgIpc) is 2.80. The Morgan fingerprint density at radius 3 is 2.59 bits per heavy atom. The molecule has 0 radical (unpaired) electrons. The highest BCUT2D eigenvalue weighted by molar-refractivity contribution is 5.97. The lowest BCUT2D eigenvalue weighted by atomic mass is 10.1. The second-order valence-electron chi connectivity index (χ2n) is 5.33. The minimum Gasteiger partial charge on any atom is -0.504 e. The summed E-state index contributed by atoms with van der Waals surface area (Å²) in [7, 11) is 3.12. The Morgan fingerprint density at radius 1 is 1.36 bits per heavy atom. The monoisotopic (exact) mass is 304 g/mol. The number of aryl methyl sites for hydroxylation is 3. The Bertz CT molecular complexity index is 687. The van der Waals surface area contributed by atoms with E-state index in [-0.39, 0.29) is 23.0 Å². The molecule has 0 atom stereocenters. The van der Waals surface area contributed by atoms with Crippen LogP contribution in [-0.4, -0.2) is 35.2 Å². The molecule has 118 valence electrons. The van der Waals surface area contributed by atoms with Crippen LogP contribution in [0.2, 0.25) is 0 Å². The zero-order chi connectivity index (χ0) is 16.4. The van der Waals surface area contributed by atoms with Gasteiger partial charge in [0.1, 0.15) is 5.76 Å². The van der Waals surface area contributed by atoms with Crippen molar-refractivity contribution >= 4 is 5.91 Å². The number of benzene rings is 1. The van der Waals surface area contributed by atoms with Crippen LogP contribution in [0.5, 0.6) is 11.5 Å². The van der Waals surface area contributed by atoms with Crippen LogP contribution in [0.1, 0.15) is 32.9 Å². The molecule has 1 heterocycles.